The van der Waals surface area contributed by atoms with Crippen LogP contribution in [0, 0.1) is 30.6 Å². The highest BCUT2D eigenvalue weighted by Crippen LogP contribution is 2.52. The Labute approximate surface area is 144 Å². The van der Waals surface area contributed by atoms with E-state index in [4.69, 9.17) is 0 Å². The van der Waals surface area contributed by atoms with Gasteiger partial charge < -0.3 is 5.32 Å². The highest BCUT2D eigenvalue weighted by Gasteiger charge is 2.58. The van der Waals surface area contributed by atoms with Gasteiger partial charge in [-0.1, -0.05) is 12.2 Å². The summed E-state index contributed by atoms with van der Waals surface area (Å²) in [6, 6.07) is 0. The number of carbonyl (C=O) groups is 3. The first-order valence-corrected chi connectivity index (χ1v) is 9.36. The van der Waals surface area contributed by atoms with Crippen LogP contribution in [0.25, 0.3) is 0 Å². The molecule has 3 aliphatic rings. The quantitative estimate of drug-likeness (QED) is 0.505. The predicted octanol–water partition coefficient (Wildman–Crippen LogP) is 1.98. The van der Waals surface area contributed by atoms with Crippen LogP contribution in [-0.4, -0.2) is 35.7 Å². The number of nitrogens with one attached hydrogen (secondary N) is 1. The number of likely N-dealkylation sites (tertiary alicyclic amines) is 1. The van der Waals surface area contributed by atoms with Crippen LogP contribution in [0.4, 0.5) is 0 Å². The molecule has 1 N–H and O–H groups in total. The lowest BCUT2D eigenvalue weighted by molar-refractivity contribution is -0.140. The molecule has 6 heteroatoms. The number of rotatable bonds is 5. The number of aryl methyl sites for hydroxylation is 1. The largest absolute Gasteiger partial charge is 0.352 e. The van der Waals surface area contributed by atoms with Gasteiger partial charge in [0, 0.05) is 18.5 Å². The third kappa shape index (κ3) is 2.32. The average molecular weight is 344 g/mol. The summed E-state index contributed by atoms with van der Waals surface area (Å²) in [7, 11) is 0. The summed E-state index contributed by atoms with van der Waals surface area (Å²) < 4.78 is 0. The number of nitrogens with zero attached hydrogens (tertiary/aromatic N) is 1. The molecule has 1 saturated heterocycles. The molecule has 0 unspecified atom stereocenters. The molecule has 1 aliphatic heterocycles. The van der Waals surface area contributed by atoms with Crippen LogP contribution >= 0.6 is 11.3 Å². The van der Waals surface area contributed by atoms with E-state index in [0.29, 0.717) is 25.1 Å². The number of carbonyl (C=O) groups excluding carboxylic acids is 3. The fraction of sp³-hybridized carbons (Fsp3) is 0.500. The lowest BCUT2D eigenvalue weighted by atomic mass is 9.85. The van der Waals surface area contributed by atoms with Crippen molar-refractivity contribution in [2.45, 2.75) is 19.8 Å². The average Bonchev–Trinajstić information content (AvgIpc) is 3.31. The van der Waals surface area contributed by atoms with Crippen molar-refractivity contribution in [3.63, 3.8) is 0 Å². The highest BCUT2D eigenvalue weighted by atomic mass is 32.1. The Morgan fingerprint density at radius 1 is 1.21 bits per heavy atom. The van der Waals surface area contributed by atoms with Gasteiger partial charge in [0.25, 0.3) is 5.91 Å². The third-order valence-corrected chi connectivity index (χ3v) is 6.37. The second-order valence-electron chi connectivity index (χ2n) is 6.91. The SMILES string of the molecule is Cc1cscc1C(=O)NCCCN1C(=O)[C@@H]2[C@@H](C1=O)[C@H]1C=C[C@H]2C1. The Morgan fingerprint density at radius 2 is 1.88 bits per heavy atom. The van der Waals surface area contributed by atoms with Crippen LogP contribution in [0.5, 0.6) is 0 Å². The van der Waals surface area contributed by atoms with Crippen molar-refractivity contribution in [2.75, 3.05) is 13.1 Å². The molecule has 1 aromatic heterocycles. The summed E-state index contributed by atoms with van der Waals surface area (Å²) in [5.41, 5.74) is 1.67. The fourth-order valence-corrected chi connectivity index (χ4v) is 5.14. The Balaban J connectivity index is 1.30. The molecule has 2 heterocycles. The van der Waals surface area contributed by atoms with Gasteiger partial charge in [-0.2, -0.15) is 11.3 Å². The summed E-state index contributed by atoms with van der Waals surface area (Å²) in [5.74, 6) is 0.132. The minimum absolute atomic E-state index is 0.0122. The van der Waals surface area contributed by atoms with E-state index in [1.54, 1.807) is 0 Å². The van der Waals surface area contributed by atoms with Crippen LogP contribution in [-0.2, 0) is 9.59 Å². The van der Waals surface area contributed by atoms with Crippen molar-refractivity contribution in [3.05, 3.63) is 34.0 Å². The number of amides is 3. The molecule has 2 bridgehead atoms. The summed E-state index contributed by atoms with van der Waals surface area (Å²) >= 11 is 1.51. The molecule has 0 radical (unpaired) electrons. The van der Waals surface area contributed by atoms with E-state index >= 15 is 0 Å². The molecule has 0 aromatic carbocycles. The lowest BCUT2D eigenvalue weighted by Crippen LogP contribution is -2.35. The number of hydrogen-bond donors (Lipinski definition) is 1. The van der Waals surface area contributed by atoms with E-state index in [2.05, 4.69) is 17.5 Å². The zero-order chi connectivity index (χ0) is 16.8. The minimum Gasteiger partial charge on any atom is -0.352 e. The van der Waals surface area contributed by atoms with E-state index in [1.165, 1.54) is 16.2 Å². The smallest absolute Gasteiger partial charge is 0.252 e. The van der Waals surface area contributed by atoms with Gasteiger partial charge in [-0.15, -0.1) is 0 Å². The number of thiophene rings is 1. The first-order chi connectivity index (χ1) is 11.6. The molecule has 24 heavy (non-hydrogen) atoms. The van der Waals surface area contributed by atoms with Gasteiger partial charge in [0.1, 0.15) is 0 Å². The zero-order valence-electron chi connectivity index (χ0n) is 13.5. The Kier molecular flexibility index (Phi) is 3.79. The molecule has 1 aromatic rings. The first kappa shape index (κ1) is 15.6. The Morgan fingerprint density at radius 3 is 2.46 bits per heavy atom. The maximum absolute atomic E-state index is 12.5. The normalized spacial score (nSPS) is 30.3. The third-order valence-electron chi connectivity index (χ3n) is 5.51. The van der Waals surface area contributed by atoms with E-state index in [-0.39, 0.29) is 41.4 Å². The number of fused-ring (bicyclic) bond motifs is 5. The molecule has 0 spiro atoms. The van der Waals surface area contributed by atoms with Crippen molar-refractivity contribution in [3.8, 4) is 0 Å². The van der Waals surface area contributed by atoms with Gasteiger partial charge >= 0.3 is 0 Å². The van der Waals surface area contributed by atoms with Gasteiger partial charge in [-0.05, 0) is 42.5 Å². The van der Waals surface area contributed by atoms with Crippen LogP contribution in [0.3, 0.4) is 0 Å². The van der Waals surface area contributed by atoms with Crippen LogP contribution in [0.2, 0.25) is 0 Å². The van der Waals surface area contributed by atoms with Crippen molar-refractivity contribution >= 4 is 29.1 Å². The number of hydrogen-bond acceptors (Lipinski definition) is 4. The fourth-order valence-electron chi connectivity index (χ4n) is 4.31. The second kappa shape index (κ2) is 5.84. The number of allylic oxidation sites excluding steroid dienone is 2. The van der Waals surface area contributed by atoms with Crippen molar-refractivity contribution in [2.24, 2.45) is 23.7 Å². The Bertz CT molecular complexity index is 708. The van der Waals surface area contributed by atoms with Crippen molar-refractivity contribution < 1.29 is 14.4 Å². The molecule has 2 aliphatic carbocycles. The zero-order valence-corrected chi connectivity index (χ0v) is 14.3. The lowest BCUT2D eigenvalue weighted by Gasteiger charge is -2.17. The summed E-state index contributed by atoms with van der Waals surface area (Å²) in [6.07, 6.45) is 5.75. The van der Waals surface area contributed by atoms with Gasteiger partial charge in [-0.25, -0.2) is 0 Å². The number of imide groups is 1. The second-order valence-corrected chi connectivity index (χ2v) is 7.65. The van der Waals surface area contributed by atoms with E-state index in [9.17, 15) is 14.4 Å². The maximum Gasteiger partial charge on any atom is 0.252 e. The van der Waals surface area contributed by atoms with Crippen molar-refractivity contribution in [1.82, 2.24) is 10.2 Å². The van der Waals surface area contributed by atoms with E-state index < -0.39 is 0 Å². The van der Waals surface area contributed by atoms with Gasteiger partial charge in [-0.3, -0.25) is 19.3 Å². The van der Waals surface area contributed by atoms with Gasteiger partial charge in [0.2, 0.25) is 11.8 Å². The molecule has 126 valence electrons. The molecular weight excluding hydrogens is 324 g/mol. The van der Waals surface area contributed by atoms with Crippen LogP contribution in [0.1, 0.15) is 28.8 Å². The summed E-state index contributed by atoms with van der Waals surface area (Å²) in [4.78, 5) is 38.5. The van der Waals surface area contributed by atoms with Crippen molar-refractivity contribution in [1.29, 1.82) is 0 Å². The Hall–Kier alpha value is -1.95. The van der Waals surface area contributed by atoms with Crippen LogP contribution < -0.4 is 5.32 Å². The summed E-state index contributed by atoms with van der Waals surface area (Å²) in [6.45, 7) is 2.77. The highest BCUT2D eigenvalue weighted by molar-refractivity contribution is 7.08. The van der Waals surface area contributed by atoms with E-state index in [0.717, 1.165) is 12.0 Å². The van der Waals surface area contributed by atoms with E-state index in [1.807, 2.05) is 17.7 Å². The molecule has 3 amide bonds. The first-order valence-electron chi connectivity index (χ1n) is 8.42. The minimum atomic E-state index is -0.129. The standard InChI is InChI=1S/C18H20N2O3S/c1-10-8-24-9-13(10)16(21)19-5-2-6-20-17(22)14-11-3-4-12(7-11)15(14)18(20)23/h3-4,8-9,11-12,14-15H,2,5-7H2,1H3,(H,19,21)/t11-,12-,14-,15-/m0/s1. The molecule has 2 fully saturated rings. The molecule has 5 nitrogen and oxygen atoms in total. The molecule has 1 saturated carbocycles. The monoisotopic (exact) mass is 344 g/mol. The summed E-state index contributed by atoms with van der Waals surface area (Å²) in [5, 5.41) is 6.64. The topological polar surface area (TPSA) is 66.5 Å². The maximum atomic E-state index is 12.5. The van der Waals surface area contributed by atoms with Gasteiger partial charge in [0.05, 0.1) is 17.4 Å². The predicted molar refractivity (Wildman–Crippen MR) is 90.4 cm³/mol. The van der Waals surface area contributed by atoms with Gasteiger partial charge in [0.15, 0.2) is 0 Å². The molecular formula is C18H20N2O3S. The molecule has 4 atom stereocenters. The molecule has 4 rings (SSSR count). The van der Waals surface area contributed by atoms with Crippen LogP contribution in [0.15, 0.2) is 22.9 Å².